The summed E-state index contributed by atoms with van der Waals surface area (Å²) in [6.45, 7) is 0.205. The molecule has 2 N–H and O–H groups in total. The number of benzene rings is 1. The number of aromatic nitrogens is 2. The van der Waals surface area contributed by atoms with E-state index >= 15 is 0 Å². The summed E-state index contributed by atoms with van der Waals surface area (Å²) in [6, 6.07) is 10.5. The molecule has 2 aromatic heterocycles. The molecule has 0 spiro atoms. The molecule has 8 heteroatoms. The second-order valence-electron chi connectivity index (χ2n) is 5.31. The van der Waals surface area contributed by atoms with Crippen LogP contribution in [-0.2, 0) is 4.79 Å². The van der Waals surface area contributed by atoms with E-state index in [4.69, 9.17) is 11.6 Å². The van der Waals surface area contributed by atoms with Gasteiger partial charge in [0, 0.05) is 36.3 Å². The summed E-state index contributed by atoms with van der Waals surface area (Å²) >= 11 is 7.30. The zero-order valence-electron chi connectivity index (χ0n) is 13.6. The molecule has 0 saturated heterocycles. The van der Waals surface area contributed by atoms with Crippen LogP contribution in [0.15, 0.2) is 54.2 Å². The Hall–Kier alpha value is -2.77. The monoisotopic (exact) mass is 386 g/mol. The fourth-order valence-corrected chi connectivity index (χ4v) is 3.15. The van der Waals surface area contributed by atoms with Gasteiger partial charge in [0.15, 0.2) is 5.13 Å². The normalized spacial score (nSPS) is 10.3. The lowest BCUT2D eigenvalue weighted by Crippen LogP contribution is -2.27. The number of hydrogen-bond donors (Lipinski definition) is 2. The van der Waals surface area contributed by atoms with Crippen molar-refractivity contribution in [1.29, 1.82) is 0 Å². The van der Waals surface area contributed by atoms with E-state index in [2.05, 4.69) is 20.6 Å². The van der Waals surface area contributed by atoms with Gasteiger partial charge in [-0.1, -0.05) is 23.7 Å². The Kier molecular flexibility index (Phi) is 5.93. The number of rotatable bonds is 6. The molecule has 2 amide bonds. The quantitative estimate of drug-likeness (QED) is 0.677. The van der Waals surface area contributed by atoms with E-state index < -0.39 is 0 Å². The standard InChI is InChI=1S/C18H15ClN4O2S/c19-14-6-2-1-5-13(14)17(25)21-9-7-16(24)23-18-22-15(11-26-18)12-4-3-8-20-10-12/h1-6,8,10-11H,7,9H2,(H,21,25)(H,22,23,24). The van der Waals surface area contributed by atoms with Crippen molar-refractivity contribution >= 4 is 39.9 Å². The summed E-state index contributed by atoms with van der Waals surface area (Å²) in [5.74, 6) is -0.534. The lowest BCUT2D eigenvalue weighted by molar-refractivity contribution is -0.116. The Balaban J connectivity index is 1.48. The molecule has 0 unspecified atom stereocenters. The van der Waals surface area contributed by atoms with Crippen LogP contribution < -0.4 is 10.6 Å². The van der Waals surface area contributed by atoms with Crippen LogP contribution in [0.1, 0.15) is 16.8 Å². The highest BCUT2D eigenvalue weighted by molar-refractivity contribution is 7.14. The number of hydrogen-bond acceptors (Lipinski definition) is 5. The zero-order chi connectivity index (χ0) is 18.4. The van der Waals surface area contributed by atoms with Crippen molar-refractivity contribution in [3.63, 3.8) is 0 Å². The van der Waals surface area contributed by atoms with Crippen molar-refractivity contribution in [3.8, 4) is 11.3 Å². The fraction of sp³-hybridized carbons (Fsp3) is 0.111. The number of carbonyl (C=O) groups is 2. The van der Waals surface area contributed by atoms with Gasteiger partial charge >= 0.3 is 0 Å². The summed E-state index contributed by atoms with van der Waals surface area (Å²) in [5.41, 5.74) is 2.03. The van der Waals surface area contributed by atoms with E-state index in [0.717, 1.165) is 11.3 Å². The molecule has 0 aliphatic rings. The predicted octanol–water partition coefficient (Wildman–Crippen LogP) is 3.62. The number of pyridine rings is 1. The number of anilines is 1. The van der Waals surface area contributed by atoms with Crippen molar-refractivity contribution in [2.75, 3.05) is 11.9 Å². The first-order valence-electron chi connectivity index (χ1n) is 7.82. The maximum absolute atomic E-state index is 12.0. The van der Waals surface area contributed by atoms with Crippen LogP contribution >= 0.6 is 22.9 Å². The maximum Gasteiger partial charge on any atom is 0.252 e. The number of thiazole rings is 1. The molecule has 132 valence electrons. The third-order valence-corrected chi connectivity index (χ3v) is 4.55. The van der Waals surface area contributed by atoms with Crippen LogP contribution in [0.4, 0.5) is 5.13 Å². The lowest BCUT2D eigenvalue weighted by Gasteiger charge is -2.06. The van der Waals surface area contributed by atoms with Gasteiger partial charge in [-0.2, -0.15) is 0 Å². The van der Waals surface area contributed by atoms with Crippen LogP contribution in [0.3, 0.4) is 0 Å². The minimum Gasteiger partial charge on any atom is -0.351 e. The van der Waals surface area contributed by atoms with Gasteiger partial charge in [-0.3, -0.25) is 14.6 Å². The lowest BCUT2D eigenvalue weighted by atomic mass is 10.2. The Labute approximate surface area is 159 Å². The Morgan fingerprint density at radius 2 is 2.00 bits per heavy atom. The summed E-state index contributed by atoms with van der Waals surface area (Å²) in [4.78, 5) is 32.4. The molecule has 0 radical (unpaired) electrons. The van der Waals surface area contributed by atoms with Gasteiger partial charge < -0.3 is 10.6 Å². The maximum atomic E-state index is 12.0. The number of amides is 2. The summed E-state index contributed by atoms with van der Waals surface area (Å²) in [7, 11) is 0. The van der Waals surface area contributed by atoms with Gasteiger partial charge in [0.25, 0.3) is 5.91 Å². The minimum atomic E-state index is -0.309. The zero-order valence-corrected chi connectivity index (χ0v) is 15.2. The van der Waals surface area contributed by atoms with Crippen LogP contribution in [0.25, 0.3) is 11.3 Å². The van der Waals surface area contributed by atoms with Crippen LogP contribution in [0.2, 0.25) is 5.02 Å². The average Bonchev–Trinajstić information content (AvgIpc) is 3.11. The van der Waals surface area contributed by atoms with Gasteiger partial charge in [-0.25, -0.2) is 4.98 Å². The third kappa shape index (κ3) is 4.65. The molecule has 0 aliphatic heterocycles. The molecule has 1 aromatic carbocycles. The van der Waals surface area contributed by atoms with E-state index in [-0.39, 0.29) is 24.8 Å². The van der Waals surface area contributed by atoms with E-state index in [1.165, 1.54) is 11.3 Å². The largest absolute Gasteiger partial charge is 0.351 e. The second-order valence-corrected chi connectivity index (χ2v) is 6.58. The first kappa shape index (κ1) is 18.0. The van der Waals surface area contributed by atoms with Gasteiger partial charge in [0.1, 0.15) is 0 Å². The highest BCUT2D eigenvalue weighted by atomic mass is 35.5. The summed E-state index contributed by atoms with van der Waals surface area (Å²) in [6.07, 6.45) is 3.54. The fourth-order valence-electron chi connectivity index (χ4n) is 2.19. The average molecular weight is 387 g/mol. The second kappa shape index (κ2) is 8.55. The first-order valence-corrected chi connectivity index (χ1v) is 9.08. The molecule has 0 bridgehead atoms. The van der Waals surface area contributed by atoms with E-state index in [9.17, 15) is 9.59 Å². The van der Waals surface area contributed by atoms with Gasteiger partial charge in [-0.15, -0.1) is 11.3 Å². The molecule has 26 heavy (non-hydrogen) atoms. The predicted molar refractivity (Wildman–Crippen MR) is 102 cm³/mol. The molecule has 2 heterocycles. The molecule has 0 fully saturated rings. The van der Waals surface area contributed by atoms with Crippen molar-refractivity contribution in [2.24, 2.45) is 0 Å². The molecule has 0 atom stereocenters. The SMILES string of the molecule is O=C(CCNC(=O)c1ccccc1Cl)Nc1nc(-c2cccnc2)cs1. The molecular formula is C18H15ClN4O2S. The van der Waals surface area contributed by atoms with Gasteiger partial charge in [0.2, 0.25) is 5.91 Å². The third-order valence-electron chi connectivity index (χ3n) is 3.46. The van der Waals surface area contributed by atoms with Crippen molar-refractivity contribution in [1.82, 2.24) is 15.3 Å². The minimum absolute atomic E-state index is 0.137. The molecule has 3 rings (SSSR count). The molecule has 6 nitrogen and oxygen atoms in total. The Morgan fingerprint density at radius 1 is 1.15 bits per heavy atom. The highest BCUT2D eigenvalue weighted by Crippen LogP contribution is 2.24. The van der Waals surface area contributed by atoms with Crippen molar-refractivity contribution in [3.05, 3.63) is 64.8 Å². The van der Waals surface area contributed by atoms with E-state index in [1.807, 2.05) is 17.5 Å². The van der Waals surface area contributed by atoms with E-state index in [0.29, 0.717) is 15.7 Å². The van der Waals surface area contributed by atoms with E-state index in [1.54, 1.807) is 36.7 Å². The van der Waals surface area contributed by atoms with Crippen LogP contribution in [0.5, 0.6) is 0 Å². The highest BCUT2D eigenvalue weighted by Gasteiger charge is 2.11. The van der Waals surface area contributed by atoms with Gasteiger partial charge in [-0.05, 0) is 24.3 Å². The first-order chi connectivity index (χ1) is 12.6. The molecule has 3 aromatic rings. The smallest absolute Gasteiger partial charge is 0.252 e. The topological polar surface area (TPSA) is 84.0 Å². The number of nitrogens with zero attached hydrogens (tertiary/aromatic N) is 2. The van der Waals surface area contributed by atoms with Gasteiger partial charge in [0.05, 0.1) is 16.3 Å². The summed E-state index contributed by atoms with van der Waals surface area (Å²) in [5, 5.41) is 8.14. The molecule has 0 saturated carbocycles. The number of halogens is 1. The van der Waals surface area contributed by atoms with Crippen molar-refractivity contribution < 1.29 is 9.59 Å². The Bertz CT molecular complexity index is 914. The number of carbonyl (C=O) groups excluding carboxylic acids is 2. The Morgan fingerprint density at radius 3 is 2.77 bits per heavy atom. The van der Waals surface area contributed by atoms with Crippen LogP contribution in [0, 0.1) is 0 Å². The number of nitrogens with one attached hydrogen (secondary N) is 2. The molecular weight excluding hydrogens is 372 g/mol. The van der Waals surface area contributed by atoms with Crippen molar-refractivity contribution in [2.45, 2.75) is 6.42 Å². The summed E-state index contributed by atoms with van der Waals surface area (Å²) < 4.78 is 0. The van der Waals surface area contributed by atoms with Crippen LogP contribution in [-0.4, -0.2) is 28.3 Å². The molecule has 0 aliphatic carbocycles.